The van der Waals surface area contributed by atoms with Gasteiger partial charge in [-0.1, -0.05) is 0 Å². The van der Waals surface area contributed by atoms with Gasteiger partial charge in [0.1, 0.15) is 6.61 Å². The normalized spacial score (nSPS) is 18.2. The Morgan fingerprint density at radius 3 is 2.24 bits per heavy atom. The highest BCUT2D eigenvalue weighted by atomic mass is 16.6. The molecule has 0 saturated carbocycles. The fourth-order valence-corrected chi connectivity index (χ4v) is 1.56. The molecule has 1 saturated heterocycles. The number of carbonyl (C=O) groups excluding carboxylic acids is 1. The third-order valence-corrected chi connectivity index (χ3v) is 2.61. The first kappa shape index (κ1) is 14.3. The number of hydrogen-bond donors (Lipinski definition) is 0. The molecule has 17 heavy (non-hydrogen) atoms. The summed E-state index contributed by atoms with van der Waals surface area (Å²) >= 11 is 0. The van der Waals surface area contributed by atoms with Gasteiger partial charge < -0.3 is 19.3 Å². The standard InChI is InChI=1S/C12H24N2O3/c1-12(2,3)17-10-9-16-11(15)14-7-5-13(4)6-8-14/h5-10H2,1-4H3. The molecule has 0 aromatic heterocycles. The Morgan fingerprint density at radius 1 is 1.12 bits per heavy atom. The van der Waals surface area contributed by atoms with Gasteiger partial charge in [-0.15, -0.1) is 0 Å². The summed E-state index contributed by atoms with van der Waals surface area (Å²) in [4.78, 5) is 15.6. The Hall–Kier alpha value is -0.810. The lowest BCUT2D eigenvalue weighted by molar-refractivity contribution is -0.0277. The molecule has 100 valence electrons. The largest absolute Gasteiger partial charge is 0.447 e. The van der Waals surface area contributed by atoms with Crippen LogP contribution in [0.25, 0.3) is 0 Å². The van der Waals surface area contributed by atoms with Crippen LogP contribution in [0.5, 0.6) is 0 Å². The highest BCUT2D eigenvalue weighted by Gasteiger charge is 2.20. The van der Waals surface area contributed by atoms with E-state index >= 15 is 0 Å². The highest BCUT2D eigenvalue weighted by Crippen LogP contribution is 2.06. The van der Waals surface area contributed by atoms with Crippen molar-refractivity contribution in [1.29, 1.82) is 0 Å². The summed E-state index contributed by atoms with van der Waals surface area (Å²) in [5.74, 6) is 0. The molecule has 1 fully saturated rings. The topological polar surface area (TPSA) is 42.0 Å². The van der Waals surface area contributed by atoms with Crippen LogP contribution in [0.3, 0.4) is 0 Å². The van der Waals surface area contributed by atoms with Gasteiger partial charge in [-0.05, 0) is 27.8 Å². The van der Waals surface area contributed by atoms with Crippen molar-refractivity contribution < 1.29 is 14.3 Å². The summed E-state index contributed by atoms with van der Waals surface area (Å²) < 4.78 is 10.6. The fourth-order valence-electron chi connectivity index (χ4n) is 1.56. The van der Waals surface area contributed by atoms with E-state index in [1.54, 1.807) is 4.90 Å². The summed E-state index contributed by atoms with van der Waals surface area (Å²) in [6.07, 6.45) is -0.226. The number of ether oxygens (including phenoxy) is 2. The highest BCUT2D eigenvalue weighted by molar-refractivity contribution is 5.67. The zero-order valence-electron chi connectivity index (χ0n) is 11.4. The third-order valence-electron chi connectivity index (χ3n) is 2.61. The lowest BCUT2D eigenvalue weighted by atomic mass is 10.2. The number of likely N-dealkylation sites (N-methyl/N-ethyl adjacent to an activating group) is 1. The monoisotopic (exact) mass is 244 g/mol. The Morgan fingerprint density at radius 2 is 1.71 bits per heavy atom. The van der Waals surface area contributed by atoms with Gasteiger partial charge in [0, 0.05) is 26.2 Å². The van der Waals surface area contributed by atoms with Crippen LogP contribution >= 0.6 is 0 Å². The van der Waals surface area contributed by atoms with E-state index in [4.69, 9.17) is 9.47 Å². The minimum atomic E-state index is -0.226. The van der Waals surface area contributed by atoms with Gasteiger partial charge in [-0.2, -0.15) is 0 Å². The summed E-state index contributed by atoms with van der Waals surface area (Å²) in [6.45, 7) is 10.0. The minimum absolute atomic E-state index is 0.180. The van der Waals surface area contributed by atoms with Crippen LogP contribution < -0.4 is 0 Å². The van der Waals surface area contributed by atoms with Crippen molar-refractivity contribution in [3.63, 3.8) is 0 Å². The van der Waals surface area contributed by atoms with Crippen molar-refractivity contribution in [2.24, 2.45) is 0 Å². The van der Waals surface area contributed by atoms with Crippen LogP contribution in [0.2, 0.25) is 0 Å². The molecule has 1 rings (SSSR count). The third kappa shape index (κ3) is 5.89. The van der Waals surface area contributed by atoms with Crippen molar-refractivity contribution in [2.75, 3.05) is 46.4 Å². The molecule has 0 atom stereocenters. The Bertz CT molecular complexity index is 243. The molecule has 0 bridgehead atoms. The number of hydrogen-bond acceptors (Lipinski definition) is 4. The van der Waals surface area contributed by atoms with Gasteiger partial charge in [0.05, 0.1) is 12.2 Å². The number of carbonyl (C=O) groups is 1. The first-order valence-corrected chi connectivity index (χ1v) is 6.13. The number of rotatable bonds is 3. The maximum absolute atomic E-state index is 11.7. The van der Waals surface area contributed by atoms with E-state index in [1.807, 2.05) is 20.8 Å². The molecule has 0 aromatic carbocycles. The number of nitrogens with zero attached hydrogens (tertiary/aromatic N) is 2. The van der Waals surface area contributed by atoms with Gasteiger partial charge in [0.25, 0.3) is 0 Å². The smallest absolute Gasteiger partial charge is 0.409 e. The van der Waals surface area contributed by atoms with Crippen molar-refractivity contribution in [3.8, 4) is 0 Å². The van der Waals surface area contributed by atoms with E-state index in [-0.39, 0.29) is 11.7 Å². The SMILES string of the molecule is CN1CCN(C(=O)OCCOC(C)(C)C)CC1. The first-order chi connectivity index (χ1) is 7.88. The molecule has 0 radical (unpaired) electrons. The Balaban J connectivity index is 2.13. The molecule has 1 aliphatic rings. The average Bonchev–Trinajstić information content (AvgIpc) is 2.24. The summed E-state index contributed by atoms with van der Waals surface area (Å²) in [5, 5.41) is 0. The maximum Gasteiger partial charge on any atom is 0.409 e. The summed E-state index contributed by atoms with van der Waals surface area (Å²) in [7, 11) is 2.06. The molecule has 1 amide bonds. The van der Waals surface area contributed by atoms with E-state index < -0.39 is 0 Å². The molecule has 5 nitrogen and oxygen atoms in total. The number of amides is 1. The van der Waals surface area contributed by atoms with Gasteiger partial charge in [-0.3, -0.25) is 0 Å². The molecule has 0 N–H and O–H groups in total. The molecule has 1 heterocycles. The van der Waals surface area contributed by atoms with Crippen LogP contribution in [0.1, 0.15) is 20.8 Å². The predicted molar refractivity (Wildman–Crippen MR) is 66.1 cm³/mol. The van der Waals surface area contributed by atoms with Crippen molar-refractivity contribution in [2.45, 2.75) is 26.4 Å². The zero-order chi connectivity index (χ0) is 12.9. The lowest BCUT2D eigenvalue weighted by Gasteiger charge is -2.31. The fraction of sp³-hybridized carbons (Fsp3) is 0.917. The molecular formula is C12H24N2O3. The van der Waals surface area contributed by atoms with Crippen molar-refractivity contribution in [3.05, 3.63) is 0 Å². The van der Waals surface area contributed by atoms with E-state index in [1.165, 1.54) is 0 Å². The zero-order valence-corrected chi connectivity index (χ0v) is 11.4. The molecule has 0 aliphatic carbocycles. The molecule has 0 aromatic rings. The van der Waals surface area contributed by atoms with Crippen LogP contribution in [-0.2, 0) is 9.47 Å². The second-order valence-corrected chi connectivity index (χ2v) is 5.37. The average molecular weight is 244 g/mol. The van der Waals surface area contributed by atoms with Gasteiger partial charge in [-0.25, -0.2) is 4.79 Å². The maximum atomic E-state index is 11.7. The Labute approximate surface area is 104 Å². The van der Waals surface area contributed by atoms with Gasteiger partial charge >= 0.3 is 6.09 Å². The molecule has 1 aliphatic heterocycles. The first-order valence-electron chi connectivity index (χ1n) is 6.13. The van der Waals surface area contributed by atoms with Crippen molar-refractivity contribution >= 4 is 6.09 Å². The van der Waals surface area contributed by atoms with E-state index in [9.17, 15) is 4.79 Å². The van der Waals surface area contributed by atoms with E-state index in [0.717, 1.165) is 26.2 Å². The number of piperazine rings is 1. The molecule has 5 heteroatoms. The predicted octanol–water partition coefficient (Wildman–Crippen LogP) is 1.19. The lowest BCUT2D eigenvalue weighted by Crippen LogP contribution is -2.47. The van der Waals surface area contributed by atoms with Gasteiger partial charge in [0.15, 0.2) is 0 Å². The van der Waals surface area contributed by atoms with Crippen LogP contribution in [0.15, 0.2) is 0 Å². The van der Waals surface area contributed by atoms with E-state index in [2.05, 4.69) is 11.9 Å². The molecule has 0 unspecified atom stereocenters. The van der Waals surface area contributed by atoms with Crippen LogP contribution in [0, 0.1) is 0 Å². The second kappa shape index (κ2) is 6.21. The van der Waals surface area contributed by atoms with Gasteiger partial charge in [0.2, 0.25) is 0 Å². The second-order valence-electron chi connectivity index (χ2n) is 5.37. The molecule has 0 spiro atoms. The van der Waals surface area contributed by atoms with Crippen LogP contribution in [0.4, 0.5) is 4.79 Å². The summed E-state index contributed by atoms with van der Waals surface area (Å²) in [6, 6.07) is 0. The summed E-state index contributed by atoms with van der Waals surface area (Å²) in [5.41, 5.74) is -0.180. The molecular weight excluding hydrogens is 220 g/mol. The quantitative estimate of drug-likeness (QED) is 0.699. The minimum Gasteiger partial charge on any atom is -0.447 e. The van der Waals surface area contributed by atoms with Crippen LogP contribution in [-0.4, -0.2) is 67.9 Å². The van der Waals surface area contributed by atoms with Crippen molar-refractivity contribution in [1.82, 2.24) is 9.80 Å². The van der Waals surface area contributed by atoms with E-state index in [0.29, 0.717) is 13.2 Å². The Kier molecular flexibility index (Phi) is 5.21.